The number of carbonyl (C=O) groups is 1. The van der Waals surface area contributed by atoms with Gasteiger partial charge in [0.15, 0.2) is 0 Å². The predicted octanol–water partition coefficient (Wildman–Crippen LogP) is 6.04. The maximum absolute atomic E-state index is 11.4. The molecule has 0 aliphatic heterocycles. The molecular formula is C22H36O2. The summed E-state index contributed by atoms with van der Waals surface area (Å²) < 4.78 is 5.13. The normalized spacial score (nSPS) is 9.58. The lowest BCUT2D eigenvalue weighted by molar-refractivity contribution is -0.143. The molecule has 0 radical (unpaired) electrons. The molecule has 0 fully saturated rings. The lowest BCUT2D eigenvalue weighted by Gasteiger charge is -2.03. The second-order valence-electron chi connectivity index (χ2n) is 6.18. The van der Waals surface area contributed by atoms with E-state index in [-0.39, 0.29) is 5.97 Å². The topological polar surface area (TPSA) is 26.3 Å². The molecule has 0 aromatic rings. The number of carbonyl (C=O) groups excluding carboxylic acids is 1. The summed E-state index contributed by atoms with van der Waals surface area (Å²) in [7, 11) is 0. The molecule has 0 aromatic carbocycles. The Bertz CT molecular complexity index is 403. The molecule has 0 N–H and O–H groups in total. The number of ether oxygens (including phenoxy) is 1. The highest BCUT2D eigenvalue weighted by atomic mass is 16.5. The van der Waals surface area contributed by atoms with Crippen LogP contribution < -0.4 is 0 Å². The van der Waals surface area contributed by atoms with Crippen LogP contribution in [0.1, 0.15) is 104 Å². The molecular weight excluding hydrogens is 296 g/mol. The van der Waals surface area contributed by atoms with Crippen molar-refractivity contribution >= 4 is 5.97 Å². The van der Waals surface area contributed by atoms with E-state index in [4.69, 9.17) is 4.74 Å². The Balaban J connectivity index is 3.31. The third-order valence-corrected chi connectivity index (χ3v) is 3.78. The summed E-state index contributed by atoms with van der Waals surface area (Å²) in [6.07, 6.45) is 14.6. The summed E-state index contributed by atoms with van der Waals surface area (Å²) in [5, 5.41) is 0. The van der Waals surface area contributed by atoms with Gasteiger partial charge < -0.3 is 4.74 Å². The van der Waals surface area contributed by atoms with Crippen LogP contribution in [0, 0.1) is 23.7 Å². The average molecular weight is 333 g/mol. The van der Waals surface area contributed by atoms with Gasteiger partial charge in [0.05, 0.1) is 13.0 Å². The van der Waals surface area contributed by atoms with Gasteiger partial charge in [0.1, 0.15) is 0 Å². The zero-order chi connectivity index (χ0) is 17.7. The maximum Gasteiger partial charge on any atom is 0.305 e. The number of rotatable bonds is 13. The zero-order valence-corrected chi connectivity index (χ0v) is 15.9. The van der Waals surface area contributed by atoms with Crippen molar-refractivity contribution in [1.82, 2.24) is 0 Å². The first kappa shape index (κ1) is 22.6. The first-order valence-electron chi connectivity index (χ1n) is 9.88. The highest BCUT2D eigenvalue weighted by Gasteiger charge is 2.01. The van der Waals surface area contributed by atoms with Crippen molar-refractivity contribution in [2.24, 2.45) is 0 Å². The summed E-state index contributed by atoms with van der Waals surface area (Å²) >= 11 is 0. The second-order valence-corrected chi connectivity index (χ2v) is 6.18. The summed E-state index contributed by atoms with van der Waals surface area (Å²) in [6, 6.07) is 0. The van der Waals surface area contributed by atoms with Crippen molar-refractivity contribution < 1.29 is 9.53 Å². The summed E-state index contributed by atoms with van der Waals surface area (Å²) in [5.74, 6) is 12.6. The number of esters is 1. The van der Waals surface area contributed by atoms with Gasteiger partial charge in [0.25, 0.3) is 0 Å². The van der Waals surface area contributed by atoms with Gasteiger partial charge in [-0.25, -0.2) is 0 Å². The summed E-state index contributed by atoms with van der Waals surface area (Å²) in [4.78, 5) is 11.4. The smallest absolute Gasteiger partial charge is 0.305 e. The van der Waals surface area contributed by atoms with E-state index in [1.807, 2.05) is 0 Å². The van der Waals surface area contributed by atoms with Gasteiger partial charge >= 0.3 is 5.97 Å². The Kier molecular flexibility index (Phi) is 18.5. The second kappa shape index (κ2) is 19.6. The van der Waals surface area contributed by atoms with E-state index in [1.165, 1.54) is 32.1 Å². The lowest BCUT2D eigenvalue weighted by Crippen LogP contribution is -2.05. The van der Waals surface area contributed by atoms with E-state index in [0.717, 1.165) is 44.9 Å². The van der Waals surface area contributed by atoms with Crippen LogP contribution in [0.5, 0.6) is 0 Å². The molecule has 0 aliphatic rings. The first-order valence-corrected chi connectivity index (χ1v) is 9.88. The van der Waals surface area contributed by atoms with Crippen molar-refractivity contribution in [2.75, 3.05) is 6.61 Å². The molecule has 0 rings (SSSR count). The molecule has 0 spiro atoms. The minimum Gasteiger partial charge on any atom is -0.466 e. The van der Waals surface area contributed by atoms with Gasteiger partial charge in [-0.2, -0.15) is 0 Å². The maximum atomic E-state index is 11.4. The van der Waals surface area contributed by atoms with E-state index in [2.05, 4.69) is 37.5 Å². The molecule has 0 atom stereocenters. The Hall–Kier alpha value is -1.41. The standard InChI is InChI=1S/C22H36O2/c1-3-5-7-8-9-10-11-12-13-14-15-16-17-18-19-20-22(23)24-21-6-4-2/h3-8,11,14-21H2,1-2H3. The van der Waals surface area contributed by atoms with Crippen molar-refractivity contribution in [2.45, 2.75) is 104 Å². The third kappa shape index (κ3) is 18.6. The quantitative estimate of drug-likeness (QED) is 0.233. The van der Waals surface area contributed by atoms with Gasteiger partial charge in [0, 0.05) is 19.3 Å². The lowest BCUT2D eigenvalue weighted by atomic mass is 10.1. The fraction of sp³-hybridized carbons (Fsp3) is 0.773. The highest BCUT2D eigenvalue weighted by Crippen LogP contribution is 2.07. The zero-order valence-electron chi connectivity index (χ0n) is 15.9. The molecule has 0 aliphatic carbocycles. The molecule has 0 aromatic heterocycles. The number of hydrogen-bond donors (Lipinski definition) is 0. The van der Waals surface area contributed by atoms with Crippen LogP contribution in [-0.2, 0) is 9.53 Å². The van der Waals surface area contributed by atoms with Crippen LogP contribution in [-0.4, -0.2) is 12.6 Å². The summed E-state index contributed by atoms with van der Waals surface area (Å²) in [6.45, 7) is 4.89. The molecule has 0 saturated carbocycles. The molecule has 0 saturated heterocycles. The van der Waals surface area contributed by atoms with Gasteiger partial charge in [0.2, 0.25) is 0 Å². The third-order valence-electron chi connectivity index (χ3n) is 3.78. The molecule has 0 bridgehead atoms. The monoisotopic (exact) mass is 332 g/mol. The molecule has 2 heteroatoms. The minimum absolute atomic E-state index is 0.0369. The van der Waals surface area contributed by atoms with Gasteiger partial charge in [-0.1, -0.05) is 64.2 Å². The van der Waals surface area contributed by atoms with E-state index in [1.54, 1.807) is 0 Å². The molecule has 136 valence electrons. The van der Waals surface area contributed by atoms with Crippen LogP contribution in [0.15, 0.2) is 0 Å². The van der Waals surface area contributed by atoms with Crippen LogP contribution >= 0.6 is 0 Å². The van der Waals surface area contributed by atoms with E-state index >= 15 is 0 Å². The van der Waals surface area contributed by atoms with Crippen LogP contribution in [0.25, 0.3) is 0 Å². The Morgan fingerprint density at radius 1 is 0.708 bits per heavy atom. The molecule has 0 unspecified atom stereocenters. The highest BCUT2D eigenvalue weighted by molar-refractivity contribution is 5.69. The largest absolute Gasteiger partial charge is 0.466 e. The number of hydrogen-bond acceptors (Lipinski definition) is 2. The molecule has 2 nitrogen and oxygen atoms in total. The first-order chi connectivity index (χ1) is 11.8. The van der Waals surface area contributed by atoms with E-state index < -0.39 is 0 Å². The van der Waals surface area contributed by atoms with Crippen LogP contribution in [0.3, 0.4) is 0 Å². The Morgan fingerprint density at radius 3 is 1.96 bits per heavy atom. The average Bonchev–Trinajstić information content (AvgIpc) is 2.58. The molecule has 0 amide bonds. The van der Waals surface area contributed by atoms with E-state index in [9.17, 15) is 4.79 Å². The van der Waals surface area contributed by atoms with Crippen LogP contribution in [0.4, 0.5) is 0 Å². The summed E-state index contributed by atoms with van der Waals surface area (Å²) in [5.41, 5.74) is 0. The predicted molar refractivity (Wildman–Crippen MR) is 102 cm³/mol. The SMILES string of the molecule is CCCCCC#CCC#CCCCCCCCC(=O)OCCCC. The van der Waals surface area contributed by atoms with Crippen molar-refractivity contribution in [3.05, 3.63) is 0 Å². The van der Waals surface area contributed by atoms with E-state index in [0.29, 0.717) is 19.4 Å². The molecule has 0 heterocycles. The fourth-order valence-corrected chi connectivity index (χ4v) is 2.22. The van der Waals surface area contributed by atoms with Crippen LogP contribution in [0.2, 0.25) is 0 Å². The van der Waals surface area contributed by atoms with Gasteiger partial charge in [-0.15, -0.1) is 11.8 Å². The van der Waals surface area contributed by atoms with Gasteiger partial charge in [-0.3, -0.25) is 4.79 Å². The molecule has 24 heavy (non-hydrogen) atoms. The van der Waals surface area contributed by atoms with Crippen molar-refractivity contribution in [3.63, 3.8) is 0 Å². The van der Waals surface area contributed by atoms with Gasteiger partial charge in [-0.05, 0) is 25.7 Å². The Labute approximate surface area is 150 Å². The fourth-order valence-electron chi connectivity index (χ4n) is 2.22. The van der Waals surface area contributed by atoms with Crippen molar-refractivity contribution in [3.8, 4) is 23.7 Å². The number of unbranched alkanes of at least 4 members (excludes halogenated alkanes) is 9. The Morgan fingerprint density at radius 2 is 1.29 bits per heavy atom. The minimum atomic E-state index is -0.0369. The van der Waals surface area contributed by atoms with Crippen molar-refractivity contribution in [1.29, 1.82) is 0 Å².